The average molecular weight is 412 g/mol. The molecule has 1 aromatic carbocycles. The van der Waals surface area contributed by atoms with E-state index in [2.05, 4.69) is 79.7 Å². The van der Waals surface area contributed by atoms with Crippen LogP contribution in [0.1, 0.15) is 56.4 Å². The van der Waals surface area contributed by atoms with Crippen LogP contribution in [0.3, 0.4) is 0 Å². The van der Waals surface area contributed by atoms with Crippen LogP contribution in [0.25, 0.3) is 0 Å². The Kier molecular flexibility index (Phi) is 7.53. The summed E-state index contributed by atoms with van der Waals surface area (Å²) in [4.78, 5) is 7.32. The summed E-state index contributed by atoms with van der Waals surface area (Å²) in [7, 11) is 4.10. The largest absolute Gasteiger partial charge is 0.381 e. The van der Waals surface area contributed by atoms with Crippen molar-refractivity contribution in [2.24, 2.45) is 12.0 Å². The van der Waals surface area contributed by atoms with Gasteiger partial charge >= 0.3 is 0 Å². The summed E-state index contributed by atoms with van der Waals surface area (Å²) in [5.74, 6) is 1.34. The molecular weight excluding hydrogens is 374 g/mol. The van der Waals surface area contributed by atoms with E-state index in [-0.39, 0.29) is 5.41 Å². The van der Waals surface area contributed by atoms with E-state index < -0.39 is 0 Å². The second kappa shape index (κ2) is 10.1. The molecule has 1 aliphatic rings. The Labute approximate surface area is 181 Å². The minimum Gasteiger partial charge on any atom is -0.381 e. The second-order valence-corrected chi connectivity index (χ2v) is 8.65. The fourth-order valence-corrected chi connectivity index (χ4v) is 4.28. The van der Waals surface area contributed by atoms with E-state index in [0.717, 1.165) is 57.3 Å². The molecular formula is C24H37N5O. The zero-order valence-electron chi connectivity index (χ0n) is 19.2. The van der Waals surface area contributed by atoms with Gasteiger partial charge in [-0.15, -0.1) is 0 Å². The fourth-order valence-electron chi connectivity index (χ4n) is 4.28. The van der Waals surface area contributed by atoms with E-state index >= 15 is 0 Å². The van der Waals surface area contributed by atoms with Crippen molar-refractivity contribution in [1.82, 2.24) is 20.0 Å². The average Bonchev–Trinajstić information content (AvgIpc) is 3.12. The molecule has 1 aromatic heterocycles. The van der Waals surface area contributed by atoms with E-state index in [1.165, 1.54) is 11.1 Å². The lowest BCUT2D eigenvalue weighted by Crippen LogP contribution is -2.41. The number of guanidine groups is 1. The lowest BCUT2D eigenvalue weighted by Gasteiger charge is -2.37. The summed E-state index contributed by atoms with van der Waals surface area (Å²) < 4.78 is 7.59. The number of aliphatic imine (C=N–C) groups is 1. The lowest BCUT2D eigenvalue weighted by molar-refractivity contribution is 0.0530. The Hall–Kier alpha value is -2.34. The monoisotopic (exact) mass is 411 g/mol. The number of aromatic nitrogens is 2. The Bertz CT molecular complexity index is 821. The molecule has 0 amide bonds. The Morgan fingerprint density at radius 3 is 2.60 bits per heavy atom. The highest BCUT2D eigenvalue weighted by Gasteiger charge is 2.34. The summed E-state index contributed by atoms with van der Waals surface area (Å²) in [6.07, 6.45) is 4.13. The van der Waals surface area contributed by atoms with Gasteiger partial charge in [0.2, 0.25) is 0 Å². The van der Waals surface area contributed by atoms with E-state index in [1.807, 2.05) is 11.7 Å². The van der Waals surface area contributed by atoms with Crippen molar-refractivity contribution in [2.45, 2.75) is 51.5 Å². The molecule has 2 heterocycles. The van der Waals surface area contributed by atoms with Crippen LogP contribution < -0.4 is 5.32 Å². The van der Waals surface area contributed by atoms with Crippen molar-refractivity contribution < 1.29 is 4.74 Å². The molecule has 0 bridgehead atoms. The van der Waals surface area contributed by atoms with Gasteiger partial charge in [0.25, 0.3) is 0 Å². The topological polar surface area (TPSA) is 54.7 Å². The van der Waals surface area contributed by atoms with E-state index in [4.69, 9.17) is 9.73 Å². The number of rotatable bonds is 7. The SMILES string of the molecule is CCNC(=NCC1(c2ccccc2)CCOCC1)N(C)Cc1cn(C)nc1C(C)C. The molecule has 6 nitrogen and oxygen atoms in total. The summed E-state index contributed by atoms with van der Waals surface area (Å²) in [5, 5.41) is 8.14. The molecule has 164 valence electrons. The number of aryl methyl sites for hydroxylation is 1. The molecule has 30 heavy (non-hydrogen) atoms. The maximum atomic E-state index is 5.68. The highest BCUT2D eigenvalue weighted by Crippen LogP contribution is 2.35. The van der Waals surface area contributed by atoms with Crippen LogP contribution >= 0.6 is 0 Å². The van der Waals surface area contributed by atoms with E-state index in [0.29, 0.717) is 5.92 Å². The summed E-state index contributed by atoms with van der Waals surface area (Å²) in [5.41, 5.74) is 3.82. The van der Waals surface area contributed by atoms with Gasteiger partial charge in [-0.2, -0.15) is 5.10 Å². The minimum atomic E-state index is 0.0401. The number of nitrogens with one attached hydrogen (secondary N) is 1. The van der Waals surface area contributed by atoms with Gasteiger partial charge in [-0.1, -0.05) is 44.2 Å². The highest BCUT2D eigenvalue weighted by molar-refractivity contribution is 5.79. The molecule has 1 N–H and O–H groups in total. The van der Waals surface area contributed by atoms with Gasteiger partial charge in [0.15, 0.2) is 5.96 Å². The summed E-state index contributed by atoms with van der Waals surface area (Å²) in [6.45, 7) is 10.5. The van der Waals surface area contributed by atoms with Crippen molar-refractivity contribution in [3.05, 3.63) is 53.3 Å². The number of ether oxygens (including phenoxy) is 1. The van der Waals surface area contributed by atoms with E-state index in [1.54, 1.807) is 0 Å². The molecule has 0 atom stereocenters. The van der Waals surface area contributed by atoms with Gasteiger partial charge < -0.3 is 15.0 Å². The van der Waals surface area contributed by atoms with Crippen molar-refractivity contribution in [3.8, 4) is 0 Å². The Morgan fingerprint density at radius 1 is 1.27 bits per heavy atom. The first-order chi connectivity index (χ1) is 14.4. The molecule has 0 saturated carbocycles. The third-order valence-corrected chi connectivity index (χ3v) is 5.96. The van der Waals surface area contributed by atoms with Crippen LogP contribution in [0.4, 0.5) is 0 Å². The normalized spacial score (nSPS) is 16.7. The fraction of sp³-hybridized carbons (Fsp3) is 0.583. The third kappa shape index (κ3) is 5.22. The minimum absolute atomic E-state index is 0.0401. The summed E-state index contributed by atoms with van der Waals surface area (Å²) >= 11 is 0. The predicted octanol–water partition coefficient (Wildman–Crippen LogP) is 3.69. The van der Waals surface area contributed by atoms with Gasteiger partial charge in [-0.05, 0) is 31.2 Å². The highest BCUT2D eigenvalue weighted by atomic mass is 16.5. The first-order valence-electron chi connectivity index (χ1n) is 11.1. The molecule has 2 aromatic rings. The molecule has 0 spiro atoms. The van der Waals surface area contributed by atoms with Crippen LogP contribution in [-0.4, -0.2) is 54.0 Å². The third-order valence-electron chi connectivity index (χ3n) is 5.96. The molecule has 0 aliphatic carbocycles. The van der Waals surface area contributed by atoms with Crippen molar-refractivity contribution in [1.29, 1.82) is 0 Å². The quantitative estimate of drug-likeness (QED) is 0.558. The number of hydrogen-bond donors (Lipinski definition) is 1. The summed E-state index contributed by atoms with van der Waals surface area (Å²) in [6, 6.07) is 10.8. The zero-order valence-corrected chi connectivity index (χ0v) is 19.2. The standard InChI is InChI=1S/C24H37N5O/c1-6-25-23(28(4)16-20-17-29(5)27-22(20)19(2)3)26-18-24(12-14-30-15-13-24)21-10-8-7-9-11-21/h7-11,17,19H,6,12-16,18H2,1-5H3,(H,25,26). The molecule has 3 rings (SSSR count). The maximum absolute atomic E-state index is 5.68. The Morgan fingerprint density at radius 2 is 1.97 bits per heavy atom. The molecule has 0 radical (unpaired) electrons. The first-order valence-corrected chi connectivity index (χ1v) is 11.1. The molecule has 0 unspecified atom stereocenters. The number of hydrogen-bond acceptors (Lipinski definition) is 3. The predicted molar refractivity (Wildman–Crippen MR) is 123 cm³/mol. The van der Waals surface area contributed by atoms with Crippen LogP contribution in [0.15, 0.2) is 41.5 Å². The van der Waals surface area contributed by atoms with Crippen LogP contribution in [-0.2, 0) is 23.7 Å². The molecule has 1 aliphatic heterocycles. The van der Waals surface area contributed by atoms with Gasteiger partial charge in [-0.3, -0.25) is 9.67 Å². The van der Waals surface area contributed by atoms with Crippen molar-refractivity contribution in [2.75, 3.05) is 33.4 Å². The smallest absolute Gasteiger partial charge is 0.193 e. The van der Waals surface area contributed by atoms with Gasteiger partial charge in [-0.25, -0.2) is 0 Å². The van der Waals surface area contributed by atoms with Crippen LogP contribution in [0.5, 0.6) is 0 Å². The van der Waals surface area contributed by atoms with Crippen LogP contribution in [0, 0.1) is 0 Å². The zero-order chi connectivity index (χ0) is 21.6. The lowest BCUT2D eigenvalue weighted by atomic mass is 9.74. The van der Waals surface area contributed by atoms with Gasteiger partial charge in [0, 0.05) is 57.6 Å². The van der Waals surface area contributed by atoms with E-state index in [9.17, 15) is 0 Å². The second-order valence-electron chi connectivity index (χ2n) is 8.65. The van der Waals surface area contributed by atoms with Crippen molar-refractivity contribution in [3.63, 3.8) is 0 Å². The number of nitrogens with zero attached hydrogens (tertiary/aromatic N) is 4. The first kappa shape index (κ1) is 22.3. The molecule has 1 fully saturated rings. The van der Waals surface area contributed by atoms with Gasteiger partial charge in [0.1, 0.15) is 0 Å². The molecule has 6 heteroatoms. The Balaban J connectivity index is 1.82. The molecule has 1 saturated heterocycles. The number of benzene rings is 1. The van der Waals surface area contributed by atoms with Gasteiger partial charge in [0.05, 0.1) is 12.2 Å². The van der Waals surface area contributed by atoms with Crippen LogP contribution in [0.2, 0.25) is 0 Å². The van der Waals surface area contributed by atoms with Crippen molar-refractivity contribution >= 4 is 5.96 Å². The maximum Gasteiger partial charge on any atom is 0.193 e.